The molecule has 3 rings (SSSR count). The number of rotatable bonds is 5. The van der Waals surface area contributed by atoms with Crippen molar-refractivity contribution >= 4 is 17.6 Å². The van der Waals surface area contributed by atoms with Gasteiger partial charge in [0.25, 0.3) is 0 Å². The number of hydrogen-bond donors (Lipinski definition) is 0. The second kappa shape index (κ2) is 6.55. The number of aryl methyl sites for hydroxylation is 1. The van der Waals surface area contributed by atoms with Gasteiger partial charge in [-0.05, 0) is 13.0 Å². The molecule has 1 aliphatic rings. The zero-order valence-electron chi connectivity index (χ0n) is 12.8. The summed E-state index contributed by atoms with van der Waals surface area (Å²) in [6.07, 6.45) is 1.59. The SMILES string of the molecule is CCOC(=O)c1cc(-c2cnc(Cl)cc2OC2COC2)n(C)n1. The Kier molecular flexibility index (Phi) is 4.49. The van der Waals surface area contributed by atoms with Crippen LogP contribution < -0.4 is 4.74 Å². The molecule has 0 unspecified atom stereocenters. The Morgan fingerprint density at radius 1 is 1.48 bits per heavy atom. The van der Waals surface area contributed by atoms with E-state index in [1.54, 1.807) is 37.0 Å². The Morgan fingerprint density at radius 3 is 2.91 bits per heavy atom. The molecule has 3 heterocycles. The van der Waals surface area contributed by atoms with Gasteiger partial charge in [0.2, 0.25) is 0 Å². The molecule has 0 aliphatic carbocycles. The van der Waals surface area contributed by atoms with Gasteiger partial charge in [0.05, 0.1) is 31.1 Å². The summed E-state index contributed by atoms with van der Waals surface area (Å²) in [7, 11) is 1.74. The van der Waals surface area contributed by atoms with Gasteiger partial charge in [-0.1, -0.05) is 11.6 Å². The van der Waals surface area contributed by atoms with E-state index in [1.807, 2.05) is 0 Å². The van der Waals surface area contributed by atoms with Gasteiger partial charge >= 0.3 is 5.97 Å². The molecular weight excluding hydrogens is 322 g/mol. The highest BCUT2D eigenvalue weighted by Gasteiger charge is 2.24. The van der Waals surface area contributed by atoms with Crippen LogP contribution in [-0.4, -0.2) is 46.7 Å². The molecule has 0 N–H and O–H groups in total. The van der Waals surface area contributed by atoms with Crippen molar-refractivity contribution < 1.29 is 19.0 Å². The molecule has 23 heavy (non-hydrogen) atoms. The average Bonchev–Trinajstić information content (AvgIpc) is 2.85. The first-order chi connectivity index (χ1) is 11.1. The third-order valence-corrected chi connectivity index (χ3v) is 3.58. The Balaban J connectivity index is 1.95. The van der Waals surface area contributed by atoms with Crippen molar-refractivity contribution in [3.8, 4) is 17.0 Å². The number of hydrogen-bond acceptors (Lipinski definition) is 6. The molecule has 8 heteroatoms. The van der Waals surface area contributed by atoms with Gasteiger partial charge in [-0.15, -0.1) is 0 Å². The molecule has 1 fully saturated rings. The van der Waals surface area contributed by atoms with Crippen molar-refractivity contribution in [1.82, 2.24) is 14.8 Å². The standard InChI is InChI=1S/C15H16ClN3O4/c1-3-22-15(20)11-4-12(19(2)18-11)10-6-17-14(16)5-13(10)23-9-7-21-8-9/h4-6,9H,3,7-8H2,1-2H3. The maximum absolute atomic E-state index is 11.8. The summed E-state index contributed by atoms with van der Waals surface area (Å²) < 4.78 is 17.6. The molecule has 0 spiro atoms. The summed E-state index contributed by atoms with van der Waals surface area (Å²) in [5, 5.41) is 4.51. The van der Waals surface area contributed by atoms with E-state index in [9.17, 15) is 4.79 Å². The van der Waals surface area contributed by atoms with Crippen LogP contribution in [0.2, 0.25) is 5.15 Å². The highest BCUT2D eigenvalue weighted by atomic mass is 35.5. The van der Waals surface area contributed by atoms with E-state index in [0.717, 1.165) is 0 Å². The maximum atomic E-state index is 11.8. The van der Waals surface area contributed by atoms with Crippen LogP contribution in [0.5, 0.6) is 5.75 Å². The molecule has 0 saturated carbocycles. The first-order valence-electron chi connectivity index (χ1n) is 7.20. The molecule has 0 amide bonds. The lowest BCUT2D eigenvalue weighted by Crippen LogP contribution is -2.38. The van der Waals surface area contributed by atoms with Crippen LogP contribution in [0.1, 0.15) is 17.4 Å². The smallest absolute Gasteiger partial charge is 0.358 e. The van der Waals surface area contributed by atoms with Gasteiger partial charge in [-0.25, -0.2) is 9.78 Å². The van der Waals surface area contributed by atoms with E-state index in [4.69, 9.17) is 25.8 Å². The highest BCUT2D eigenvalue weighted by molar-refractivity contribution is 6.29. The van der Waals surface area contributed by atoms with E-state index in [1.165, 1.54) is 0 Å². The second-order valence-corrected chi connectivity index (χ2v) is 5.43. The van der Waals surface area contributed by atoms with Crippen molar-refractivity contribution in [2.45, 2.75) is 13.0 Å². The monoisotopic (exact) mass is 337 g/mol. The van der Waals surface area contributed by atoms with Crippen molar-refractivity contribution in [1.29, 1.82) is 0 Å². The molecule has 1 saturated heterocycles. The molecule has 1 aliphatic heterocycles. The predicted octanol–water partition coefficient (Wildman–Crippen LogP) is 2.09. The largest absolute Gasteiger partial charge is 0.485 e. The van der Waals surface area contributed by atoms with Crippen molar-refractivity contribution in [3.05, 3.63) is 29.2 Å². The summed E-state index contributed by atoms with van der Waals surface area (Å²) in [6.45, 7) is 3.12. The average molecular weight is 338 g/mol. The second-order valence-electron chi connectivity index (χ2n) is 5.04. The van der Waals surface area contributed by atoms with E-state index in [-0.39, 0.29) is 11.8 Å². The minimum atomic E-state index is -0.467. The fraction of sp³-hybridized carbons (Fsp3) is 0.400. The number of esters is 1. The summed E-state index contributed by atoms with van der Waals surface area (Å²) in [4.78, 5) is 15.9. The summed E-state index contributed by atoms with van der Waals surface area (Å²) >= 11 is 5.97. The number of nitrogens with zero attached hydrogens (tertiary/aromatic N) is 3. The Morgan fingerprint density at radius 2 is 2.26 bits per heavy atom. The van der Waals surface area contributed by atoms with Gasteiger partial charge in [-0.2, -0.15) is 5.10 Å². The van der Waals surface area contributed by atoms with Crippen molar-refractivity contribution in [2.24, 2.45) is 7.05 Å². The van der Waals surface area contributed by atoms with Gasteiger partial charge in [0, 0.05) is 19.3 Å². The molecule has 0 radical (unpaired) electrons. The number of ether oxygens (including phenoxy) is 3. The molecular formula is C15H16ClN3O4. The van der Waals surface area contributed by atoms with E-state index < -0.39 is 5.97 Å². The number of aromatic nitrogens is 3. The quantitative estimate of drug-likeness (QED) is 0.614. The molecule has 0 aromatic carbocycles. The zero-order valence-corrected chi connectivity index (χ0v) is 13.5. The number of pyridine rings is 1. The van der Waals surface area contributed by atoms with Gasteiger partial charge in [0.15, 0.2) is 5.69 Å². The molecule has 0 bridgehead atoms. The summed E-state index contributed by atoms with van der Waals surface area (Å²) in [5.74, 6) is 0.114. The lowest BCUT2D eigenvalue weighted by Gasteiger charge is -2.27. The first kappa shape index (κ1) is 15.8. The first-order valence-corrected chi connectivity index (χ1v) is 7.57. The minimum absolute atomic E-state index is 0.00929. The van der Waals surface area contributed by atoms with Gasteiger partial charge < -0.3 is 14.2 Å². The minimum Gasteiger partial charge on any atom is -0.485 e. The van der Waals surface area contributed by atoms with Crippen molar-refractivity contribution in [3.63, 3.8) is 0 Å². The van der Waals surface area contributed by atoms with E-state index >= 15 is 0 Å². The molecule has 2 aromatic rings. The molecule has 2 aromatic heterocycles. The summed E-state index contributed by atoms with van der Waals surface area (Å²) in [6, 6.07) is 3.29. The van der Waals surface area contributed by atoms with Crippen LogP contribution in [0.25, 0.3) is 11.3 Å². The Bertz CT molecular complexity index is 728. The predicted molar refractivity (Wildman–Crippen MR) is 82.6 cm³/mol. The number of halogens is 1. The highest BCUT2D eigenvalue weighted by Crippen LogP contribution is 2.33. The van der Waals surface area contributed by atoms with Crippen molar-refractivity contribution in [2.75, 3.05) is 19.8 Å². The number of carbonyl (C=O) groups is 1. The van der Waals surface area contributed by atoms with Crippen LogP contribution >= 0.6 is 11.6 Å². The van der Waals surface area contributed by atoms with Crippen LogP contribution in [0.4, 0.5) is 0 Å². The van der Waals surface area contributed by atoms with Crippen LogP contribution in [0.3, 0.4) is 0 Å². The van der Waals surface area contributed by atoms with Crippen LogP contribution in [0, 0.1) is 0 Å². The third-order valence-electron chi connectivity index (χ3n) is 3.37. The Labute approximate surface area is 138 Å². The maximum Gasteiger partial charge on any atom is 0.358 e. The Hall–Kier alpha value is -2.12. The van der Waals surface area contributed by atoms with E-state index in [0.29, 0.717) is 42.0 Å². The molecule has 7 nitrogen and oxygen atoms in total. The number of carbonyl (C=O) groups excluding carboxylic acids is 1. The van der Waals surface area contributed by atoms with E-state index in [2.05, 4.69) is 10.1 Å². The fourth-order valence-corrected chi connectivity index (χ4v) is 2.34. The fourth-order valence-electron chi connectivity index (χ4n) is 2.19. The molecule has 0 atom stereocenters. The lowest BCUT2D eigenvalue weighted by molar-refractivity contribution is -0.0794. The summed E-state index contributed by atoms with van der Waals surface area (Å²) in [5.41, 5.74) is 1.62. The topological polar surface area (TPSA) is 75.5 Å². The van der Waals surface area contributed by atoms with Crippen LogP contribution in [0.15, 0.2) is 18.3 Å². The van der Waals surface area contributed by atoms with Gasteiger partial charge in [-0.3, -0.25) is 4.68 Å². The van der Waals surface area contributed by atoms with Gasteiger partial charge in [0.1, 0.15) is 17.0 Å². The molecule has 122 valence electrons. The third kappa shape index (κ3) is 3.30. The van der Waals surface area contributed by atoms with Crippen LogP contribution in [-0.2, 0) is 16.5 Å². The normalized spacial score (nSPS) is 14.4. The lowest BCUT2D eigenvalue weighted by atomic mass is 10.1. The zero-order chi connectivity index (χ0) is 16.4.